The normalized spacial score (nSPS) is 15.7. The second-order valence-electron chi connectivity index (χ2n) is 4.67. The molecule has 0 fully saturated rings. The molecule has 3 heteroatoms. The number of hydrogen-bond donors (Lipinski definition) is 1. The second-order valence-corrected chi connectivity index (χ2v) is 6.48. The van der Waals surface area contributed by atoms with Gasteiger partial charge in [0.25, 0.3) is 0 Å². The Morgan fingerprint density at radius 1 is 1.00 bits per heavy atom. The van der Waals surface area contributed by atoms with Gasteiger partial charge in [0, 0.05) is 4.90 Å². The van der Waals surface area contributed by atoms with E-state index in [1.165, 1.54) is 0 Å². The third kappa shape index (κ3) is 3.31. The van der Waals surface area contributed by atoms with Gasteiger partial charge in [-0.2, -0.15) is 0 Å². The van der Waals surface area contributed by atoms with Crippen molar-refractivity contribution in [3.63, 3.8) is 0 Å². The molecule has 2 nitrogen and oxygen atoms in total. The molecule has 0 aliphatic carbocycles. The maximum Gasteiger partial charge on any atom is 0.0934 e. The first-order valence-corrected chi connectivity index (χ1v) is 7.51. The van der Waals surface area contributed by atoms with Crippen molar-refractivity contribution in [3.05, 3.63) is 65.7 Å². The van der Waals surface area contributed by atoms with E-state index in [1.807, 2.05) is 68.4 Å². The van der Waals surface area contributed by atoms with Crippen LogP contribution in [-0.4, -0.2) is 14.6 Å². The van der Waals surface area contributed by atoms with Crippen LogP contribution in [0.1, 0.15) is 24.2 Å². The average molecular weight is 274 g/mol. The van der Waals surface area contributed by atoms with Crippen LogP contribution in [0, 0.1) is 6.92 Å². The van der Waals surface area contributed by atoms with Crippen LogP contribution in [0.5, 0.6) is 0 Å². The van der Waals surface area contributed by atoms with Gasteiger partial charge in [-0.3, -0.25) is 4.21 Å². The Morgan fingerprint density at radius 2 is 1.58 bits per heavy atom. The van der Waals surface area contributed by atoms with Gasteiger partial charge in [0.2, 0.25) is 0 Å². The Bertz CT molecular complexity index is 549. The SMILES string of the molecule is Cc1ccc(S(=O)[C@H](C)[C@@H](O)c2ccccc2)cc1. The summed E-state index contributed by atoms with van der Waals surface area (Å²) in [6.07, 6.45) is -0.719. The van der Waals surface area contributed by atoms with Crippen molar-refractivity contribution in [2.24, 2.45) is 0 Å². The van der Waals surface area contributed by atoms with E-state index < -0.39 is 16.9 Å². The molecule has 0 bridgehead atoms. The summed E-state index contributed by atoms with van der Waals surface area (Å²) in [6.45, 7) is 3.81. The molecule has 1 N–H and O–H groups in total. The molecule has 2 aromatic carbocycles. The van der Waals surface area contributed by atoms with Gasteiger partial charge in [-0.15, -0.1) is 0 Å². The lowest BCUT2D eigenvalue weighted by Gasteiger charge is -2.18. The van der Waals surface area contributed by atoms with Gasteiger partial charge in [0.15, 0.2) is 0 Å². The van der Waals surface area contributed by atoms with Crippen molar-refractivity contribution in [2.75, 3.05) is 0 Å². The Kier molecular flexibility index (Phi) is 4.51. The zero-order valence-corrected chi connectivity index (χ0v) is 11.9. The van der Waals surface area contributed by atoms with Gasteiger partial charge in [-0.1, -0.05) is 48.0 Å². The van der Waals surface area contributed by atoms with Crippen LogP contribution in [0.4, 0.5) is 0 Å². The van der Waals surface area contributed by atoms with Gasteiger partial charge < -0.3 is 5.11 Å². The zero-order chi connectivity index (χ0) is 13.8. The van der Waals surface area contributed by atoms with E-state index in [0.29, 0.717) is 0 Å². The van der Waals surface area contributed by atoms with Gasteiger partial charge >= 0.3 is 0 Å². The lowest BCUT2D eigenvalue weighted by Crippen LogP contribution is -2.20. The van der Waals surface area contributed by atoms with Crippen molar-refractivity contribution in [1.29, 1.82) is 0 Å². The van der Waals surface area contributed by atoms with Gasteiger partial charge in [0.05, 0.1) is 22.2 Å². The largest absolute Gasteiger partial charge is 0.387 e. The third-order valence-electron chi connectivity index (χ3n) is 3.18. The molecule has 0 spiro atoms. The summed E-state index contributed by atoms with van der Waals surface area (Å²) in [5.41, 5.74) is 1.94. The maximum atomic E-state index is 12.4. The van der Waals surface area contributed by atoms with Crippen molar-refractivity contribution >= 4 is 10.8 Å². The van der Waals surface area contributed by atoms with Gasteiger partial charge in [-0.25, -0.2) is 0 Å². The summed E-state index contributed by atoms with van der Waals surface area (Å²) in [6, 6.07) is 17.0. The number of rotatable bonds is 4. The van der Waals surface area contributed by atoms with Crippen molar-refractivity contribution < 1.29 is 9.32 Å². The smallest absolute Gasteiger partial charge is 0.0934 e. The molecule has 0 saturated heterocycles. The molecule has 1 unspecified atom stereocenters. The first-order valence-electron chi connectivity index (χ1n) is 6.30. The van der Waals surface area contributed by atoms with Crippen LogP contribution in [0.25, 0.3) is 0 Å². The average Bonchev–Trinajstić information content (AvgIpc) is 2.46. The van der Waals surface area contributed by atoms with E-state index in [4.69, 9.17) is 0 Å². The third-order valence-corrected chi connectivity index (χ3v) is 4.85. The summed E-state index contributed by atoms with van der Waals surface area (Å²) in [7, 11) is -1.22. The summed E-state index contributed by atoms with van der Waals surface area (Å²) < 4.78 is 12.4. The molecule has 0 saturated carbocycles. The summed E-state index contributed by atoms with van der Waals surface area (Å²) >= 11 is 0. The summed E-state index contributed by atoms with van der Waals surface area (Å²) in [4.78, 5) is 0.757. The predicted octanol–water partition coefficient (Wildman–Crippen LogP) is 3.22. The fraction of sp³-hybridized carbons (Fsp3) is 0.250. The molecule has 0 aliphatic rings. The highest BCUT2D eigenvalue weighted by molar-refractivity contribution is 7.85. The van der Waals surface area contributed by atoms with Crippen molar-refractivity contribution in [3.8, 4) is 0 Å². The zero-order valence-electron chi connectivity index (χ0n) is 11.1. The molecule has 19 heavy (non-hydrogen) atoms. The van der Waals surface area contributed by atoms with Crippen LogP contribution in [-0.2, 0) is 10.8 Å². The van der Waals surface area contributed by atoms with Gasteiger partial charge in [0.1, 0.15) is 0 Å². The highest BCUT2D eigenvalue weighted by Crippen LogP contribution is 2.24. The predicted molar refractivity (Wildman–Crippen MR) is 78.5 cm³/mol. The van der Waals surface area contributed by atoms with E-state index in [-0.39, 0.29) is 5.25 Å². The number of aliphatic hydroxyl groups is 1. The molecule has 100 valence electrons. The molecule has 0 aliphatic heterocycles. The Labute approximate surface area is 116 Å². The lowest BCUT2D eigenvalue weighted by molar-refractivity contribution is 0.178. The van der Waals surface area contributed by atoms with E-state index in [9.17, 15) is 9.32 Å². The minimum atomic E-state index is -1.22. The van der Waals surface area contributed by atoms with Crippen LogP contribution in [0.15, 0.2) is 59.5 Å². The topological polar surface area (TPSA) is 37.3 Å². The highest BCUT2D eigenvalue weighted by atomic mass is 32.2. The lowest BCUT2D eigenvalue weighted by atomic mass is 10.1. The summed E-state index contributed by atoms with van der Waals surface area (Å²) in [5, 5.41) is 9.94. The van der Waals surface area contributed by atoms with Crippen LogP contribution >= 0.6 is 0 Å². The molecule has 2 rings (SSSR count). The molecule has 0 heterocycles. The van der Waals surface area contributed by atoms with Crippen LogP contribution < -0.4 is 0 Å². The van der Waals surface area contributed by atoms with E-state index in [2.05, 4.69) is 0 Å². The number of aliphatic hydroxyl groups excluding tert-OH is 1. The molecule has 0 amide bonds. The highest BCUT2D eigenvalue weighted by Gasteiger charge is 2.23. The first-order chi connectivity index (χ1) is 9.09. The Balaban J connectivity index is 2.17. The monoisotopic (exact) mass is 274 g/mol. The minimum absolute atomic E-state index is 0.342. The van der Waals surface area contributed by atoms with E-state index in [1.54, 1.807) is 0 Å². The molecular weight excluding hydrogens is 256 g/mol. The number of aryl methyl sites for hydroxylation is 1. The Hall–Kier alpha value is -1.45. The standard InChI is InChI=1S/C16H18O2S/c1-12-8-10-15(11-9-12)19(18)13(2)16(17)14-6-4-3-5-7-14/h3-11,13,16-17H,1-2H3/t13-,16-,19?/m1/s1. The molecule has 0 radical (unpaired) electrons. The molecule has 2 aromatic rings. The molecule has 0 aromatic heterocycles. The fourth-order valence-electron chi connectivity index (χ4n) is 1.93. The van der Waals surface area contributed by atoms with Crippen molar-refractivity contribution in [1.82, 2.24) is 0 Å². The maximum absolute atomic E-state index is 12.4. The Morgan fingerprint density at radius 3 is 2.16 bits per heavy atom. The number of benzene rings is 2. The summed E-state index contributed by atoms with van der Waals surface area (Å²) in [5.74, 6) is 0. The quantitative estimate of drug-likeness (QED) is 0.929. The van der Waals surface area contributed by atoms with E-state index in [0.717, 1.165) is 16.0 Å². The van der Waals surface area contributed by atoms with Crippen LogP contribution in [0.2, 0.25) is 0 Å². The van der Waals surface area contributed by atoms with Gasteiger partial charge in [-0.05, 0) is 31.5 Å². The number of hydrogen-bond acceptors (Lipinski definition) is 2. The van der Waals surface area contributed by atoms with Crippen LogP contribution in [0.3, 0.4) is 0 Å². The van der Waals surface area contributed by atoms with E-state index >= 15 is 0 Å². The first kappa shape index (κ1) is 14.0. The second kappa shape index (κ2) is 6.13. The van der Waals surface area contributed by atoms with Crippen molar-refractivity contribution in [2.45, 2.75) is 30.1 Å². The fourth-order valence-corrected chi connectivity index (χ4v) is 3.15. The molecule has 3 atom stereocenters. The molecular formula is C16H18O2S. The minimum Gasteiger partial charge on any atom is -0.387 e.